The van der Waals surface area contributed by atoms with E-state index in [2.05, 4.69) is 0 Å². The molecule has 4 nitrogen and oxygen atoms in total. The van der Waals surface area contributed by atoms with Gasteiger partial charge in [-0.15, -0.1) is 0 Å². The summed E-state index contributed by atoms with van der Waals surface area (Å²) >= 11 is 0. The Morgan fingerprint density at radius 1 is 0.203 bits per heavy atom. The zero-order valence-electron chi connectivity index (χ0n) is 37.6. The number of carbonyl (C=O) groups is 4. The average molecular weight is 889 g/mol. The maximum Gasteiger partial charge on any atom is 0.193 e. The topological polar surface area (TPSA) is 68.3 Å². The third kappa shape index (κ3) is 9.88. The Balaban J connectivity index is 1.07. The van der Waals surface area contributed by atoms with E-state index in [1.54, 1.807) is 36.4 Å². The minimum absolute atomic E-state index is 0.213. The predicted octanol–water partition coefficient (Wildman–Crippen LogP) is 14.9. The molecule has 0 amide bonds. The highest BCUT2D eigenvalue weighted by Gasteiger charge is 2.21. The molecule has 0 aromatic heterocycles. The lowest BCUT2D eigenvalue weighted by Crippen LogP contribution is -2.10. The van der Waals surface area contributed by atoms with Gasteiger partial charge >= 0.3 is 0 Å². The van der Waals surface area contributed by atoms with Crippen LogP contribution in [-0.2, 0) is 6.42 Å². The van der Waals surface area contributed by atoms with Gasteiger partial charge in [-0.2, -0.15) is 0 Å². The molecule has 0 radical (unpaired) electrons. The standard InChI is InChI=1S/C65H44O4/c66-62(54-29-13-25-50(38-54)46-17-5-1-6-18-46)58-34-44(35-59(42-58)63(67)55-30-14-26-51(39-55)47-19-7-2-8-20-47)33-45-36-60(64(68)56-31-15-27-52(40-56)48-21-9-3-10-22-48)43-61(37-45)65(69)57-32-16-28-53(41-57)49-23-11-4-12-24-49/h1-32,34-43H,33H2. The zero-order chi connectivity index (χ0) is 47.1. The molecule has 0 fully saturated rings. The summed E-state index contributed by atoms with van der Waals surface area (Å²) in [4.78, 5) is 58.6. The number of ketones is 4. The summed E-state index contributed by atoms with van der Waals surface area (Å²) in [6.07, 6.45) is 0.213. The van der Waals surface area contributed by atoms with Crippen molar-refractivity contribution < 1.29 is 19.2 Å². The predicted molar refractivity (Wildman–Crippen MR) is 277 cm³/mol. The lowest BCUT2D eigenvalue weighted by atomic mass is 9.89. The molecular weight excluding hydrogens is 845 g/mol. The fraction of sp³-hybridized carbons (Fsp3) is 0.0154. The number of rotatable bonds is 14. The van der Waals surface area contributed by atoms with E-state index in [9.17, 15) is 19.2 Å². The van der Waals surface area contributed by atoms with Crippen molar-refractivity contribution in [2.45, 2.75) is 6.42 Å². The summed E-state index contributed by atoms with van der Waals surface area (Å²) in [7, 11) is 0. The Bertz CT molecular complexity index is 3060. The summed E-state index contributed by atoms with van der Waals surface area (Å²) in [6.45, 7) is 0. The van der Waals surface area contributed by atoms with Crippen LogP contribution in [-0.4, -0.2) is 23.1 Å². The van der Waals surface area contributed by atoms with Crippen LogP contribution in [0.25, 0.3) is 44.5 Å². The van der Waals surface area contributed by atoms with Gasteiger partial charge in [-0.25, -0.2) is 0 Å². The lowest BCUT2D eigenvalue weighted by Gasteiger charge is -2.13. The van der Waals surface area contributed by atoms with Crippen LogP contribution in [0.2, 0.25) is 0 Å². The molecule has 0 saturated carbocycles. The quantitative estimate of drug-likeness (QED) is 0.102. The van der Waals surface area contributed by atoms with Crippen LogP contribution in [0.15, 0.2) is 255 Å². The van der Waals surface area contributed by atoms with E-state index < -0.39 is 0 Å². The van der Waals surface area contributed by atoms with Gasteiger partial charge in [0.1, 0.15) is 0 Å². The Morgan fingerprint density at radius 3 is 0.652 bits per heavy atom. The molecular formula is C65H44O4. The van der Waals surface area contributed by atoms with Crippen LogP contribution >= 0.6 is 0 Å². The molecule has 4 heteroatoms. The van der Waals surface area contributed by atoms with Crippen molar-refractivity contribution in [1.29, 1.82) is 0 Å². The van der Waals surface area contributed by atoms with Crippen LogP contribution in [0.3, 0.4) is 0 Å². The van der Waals surface area contributed by atoms with E-state index in [1.807, 2.05) is 218 Å². The SMILES string of the molecule is O=C(c1cc(Cc2cc(C(=O)c3cccc(-c4ccccc4)c3)cc(C(=O)c3cccc(-c4ccccc4)c3)c2)cc(C(=O)c2cccc(-c3ccccc3)c2)c1)c1cccc(-c2ccccc2)c1. The monoisotopic (exact) mass is 888 g/mol. The van der Waals surface area contributed by atoms with Crippen molar-refractivity contribution >= 4 is 23.1 Å². The second-order valence-corrected chi connectivity index (χ2v) is 17.1. The van der Waals surface area contributed by atoms with E-state index in [0.717, 1.165) is 44.5 Å². The highest BCUT2D eigenvalue weighted by molar-refractivity contribution is 6.15. The van der Waals surface area contributed by atoms with Gasteiger partial charge in [-0.3, -0.25) is 19.2 Å². The minimum Gasteiger partial charge on any atom is -0.289 e. The molecule has 10 aromatic rings. The van der Waals surface area contributed by atoms with E-state index in [0.29, 0.717) is 55.6 Å². The second kappa shape index (κ2) is 19.8. The van der Waals surface area contributed by atoms with E-state index >= 15 is 0 Å². The summed E-state index contributed by atoms with van der Waals surface area (Å²) < 4.78 is 0. The van der Waals surface area contributed by atoms with E-state index in [4.69, 9.17) is 0 Å². The number of hydrogen-bond donors (Lipinski definition) is 0. The molecule has 0 aliphatic rings. The smallest absolute Gasteiger partial charge is 0.193 e. The third-order valence-electron chi connectivity index (χ3n) is 12.4. The molecule has 0 spiro atoms. The Hall–Kier alpha value is -9.12. The molecule has 69 heavy (non-hydrogen) atoms. The number of hydrogen-bond acceptors (Lipinski definition) is 4. The molecule has 0 unspecified atom stereocenters. The van der Waals surface area contributed by atoms with Crippen LogP contribution in [0.4, 0.5) is 0 Å². The molecule has 0 atom stereocenters. The van der Waals surface area contributed by atoms with Gasteiger partial charge in [0, 0.05) is 44.5 Å². The van der Waals surface area contributed by atoms with Crippen LogP contribution in [0.5, 0.6) is 0 Å². The third-order valence-corrected chi connectivity index (χ3v) is 12.4. The first-order valence-corrected chi connectivity index (χ1v) is 22.9. The first-order valence-electron chi connectivity index (χ1n) is 22.9. The van der Waals surface area contributed by atoms with Crippen molar-refractivity contribution in [3.63, 3.8) is 0 Å². The molecule has 328 valence electrons. The maximum atomic E-state index is 14.6. The highest BCUT2D eigenvalue weighted by Crippen LogP contribution is 2.29. The van der Waals surface area contributed by atoms with Gasteiger partial charge in [0.15, 0.2) is 23.1 Å². The summed E-state index contributed by atoms with van der Waals surface area (Å²) in [5.74, 6) is -0.951. The zero-order valence-corrected chi connectivity index (χ0v) is 37.6. The minimum atomic E-state index is -0.238. The summed E-state index contributed by atoms with van der Waals surface area (Å²) in [5.41, 5.74) is 12.2. The van der Waals surface area contributed by atoms with Crippen molar-refractivity contribution in [2.24, 2.45) is 0 Å². The van der Waals surface area contributed by atoms with Gasteiger partial charge in [0.05, 0.1) is 0 Å². The van der Waals surface area contributed by atoms with Gasteiger partial charge < -0.3 is 0 Å². The number of carbonyl (C=O) groups excluding carboxylic acids is 4. The van der Waals surface area contributed by atoms with Gasteiger partial charge in [-0.05, 0) is 123 Å². The molecule has 10 aromatic carbocycles. The molecule has 0 N–H and O–H groups in total. The van der Waals surface area contributed by atoms with Gasteiger partial charge in [0.25, 0.3) is 0 Å². The summed E-state index contributed by atoms with van der Waals surface area (Å²) in [5, 5.41) is 0. The molecule has 0 aliphatic carbocycles. The summed E-state index contributed by atoms with van der Waals surface area (Å²) in [6, 6.07) is 80.2. The first-order chi connectivity index (χ1) is 33.8. The maximum absolute atomic E-state index is 14.6. The van der Waals surface area contributed by atoms with Crippen molar-refractivity contribution in [2.75, 3.05) is 0 Å². The van der Waals surface area contributed by atoms with Crippen molar-refractivity contribution in [1.82, 2.24) is 0 Å². The van der Waals surface area contributed by atoms with Crippen LogP contribution in [0, 0.1) is 0 Å². The molecule has 0 bridgehead atoms. The Morgan fingerprint density at radius 2 is 0.420 bits per heavy atom. The lowest BCUT2D eigenvalue weighted by molar-refractivity contribution is 0.102. The Kier molecular flexibility index (Phi) is 12.5. The molecule has 0 saturated heterocycles. The molecule has 10 rings (SSSR count). The fourth-order valence-corrected chi connectivity index (χ4v) is 8.90. The largest absolute Gasteiger partial charge is 0.289 e. The van der Waals surface area contributed by atoms with Gasteiger partial charge in [0.2, 0.25) is 0 Å². The first kappa shape index (κ1) is 43.8. The molecule has 0 heterocycles. The number of benzene rings is 10. The fourth-order valence-electron chi connectivity index (χ4n) is 8.90. The highest BCUT2D eigenvalue weighted by atomic mass is 16.1. The van der Waals surface area contributed by atoms with E-state index in [1.165, 1.54) is 0 Å². The second-order valence-electron chi connectivity index (χ2n) is 17.1. The van der Waals surface area contributed by atoms with Gasteiger partial charge in [-0.1, -0.05) is 194 Å². The van der Waals surface area contributed by atoms with Crippen LogP contribution in [0.1, 0.15) is 74.8 Å². The Labute approximate surface area is 401 Å². The van der Waals surface area contributed by atoms with Crippen LogP contribution < -0.4 is 0 Å². The van der Waals surface area contributed by atoms with Crippen molar-refractivity contribution in [3.8, 4) is 44.5 Å². The van der Waals surface area contributed by atoms with Crippen molar-refractivity contribution in [3.05, 3.63) is 310 Å². The van der Waals surface area contributed by atoms with E-state index in [-0.39, 0.29) is 29.6 Å². The normalized spacial score (nSPS) is 10.9. The molecule has 0 aliphatic heterocycles. The average Bonchev–Trinajstić information content (AvgIpc) is 3.43.